The third kappa shape index (κ3) is 0.775. The van der Waals surface area contributed by atoms with Crippen molar-refractivity contribution < 1.29 is 10.2 Å². The Morgan fingerprint density at radius 2 is 1.75 bits per heavy atom. The molecule has 0 heterocycles. The molecule has 0 spiro atoms. The third-order valence-electron chi connectivity index (χ3n) is 4.36. The molecule has 0 aromatic rings. The molecule has 3 rings (SSSR count). The van der Waals surface area contributed by atoms with E-state index in [1.165, 1.54) is 0 Å². The van der Waals surface area contributed by atoms with Crippen LogP contribution in [0, 0.1) is 17.3 Å². The van der Waals surface area contributed by atoms with Gasteiger partial charge in [0.05, 0.1) is 11.7 Å². The van der Waals surface area contributed by atoms with Gasteiger partial charge < -0.3 is 10.2 Å². The van der Waals surface area contributed by atoms with Crippen molar-refractivity contribution in [2.24, 2.45) is 17.3 Å². The highest BCUT2D eigenvalue weighted by molar-refractivity contribution is 5.12. The van der Waals surface area contributed by atoms with Crippen molar-refractivity contribution in [3.63, 3.8) is 0 Å². The van der Waals surface area contributed by atoms with Crippen molar-refractivity contribution in [2.45, 2.75) is 45.3 Å². The fourth-order valence-electron chi connectivity index (χ4n) is 3.15. The maximum atomic E-state index is 10.0. The van der Waals surface area contributed by atoms with Crippen LogP contribution in [0.2, 0.25) is 0 Å². The van der Waals surface area contributed by atoms with Crippen LogP contribution in [0.3, 0.4) is 0 Å². The Hall–Kier alpha value is -0.0800. The molecule has 0 aliphatic heterocycles. The summed E-state index contributed by atoms with van der Waals surface area (Å²) in [7, 11) is 0. The molecule has 0 aromatic heterocycles. The van der Waals surface area contributed by atoms with Crippen LogP contribution in [-0.4, -0.2) is 21.9 Å². The van der Waals surface area contributed by atoms with Crippen LogP contribution in [0.25, 0.3) is 0 Å². The minimum Gasteiger partial charge on any atom is -0.390 e. The summed E-state index contributed by atoms with van der Waals surface area (Å²) in [6.45, 7) is 6.18. The summed E-state index contributed by atoms with van der Waals surface area (Å²) in [5.74, 6) is 0.913. The van der Waals surface area contributed by atoms with Crippen LogP contribution in [0.15, 0.2) is 0 Å². The molecule has 2 N–H and O–H groups in total. The van der Waals surface area contributed by atoms with E-state index in [0.717, 1.165) is 12.8 Å². The molecule has 0 amide bonds. The molecule has 3 aliphatic carbocycles. The molecule has 0 aromatic carbocycles. The second-order valence-electron chi connectivity index (χ2n) is 5.28. The minimum atomic E-state index is -0.849. The largest absolute Gasteiger partial charge is 0.390 e. The van der Waals surface area contributed by atoms with E-state index in [0.29, 0.717) is 11.8 Å². The molecule has 4 atom stereocenters. The number of rotatable bonds is 0. The summed E-state index contributed by atoms with van der Waals surface area (Å²) in [4.78, 5) is 0. The lowest BCUT2D eigenvalue weighted by Gasteiger charge is -2.64. The van der Waals surface area contributed by atoms with Gasteiger partial charge in [0.1, 0.15) is 0 Å². The Kier molecular flexibility index (Phi) is 1.45. The van der Waals surface area contributed by atoms with Crippen LogP contribution in [0.4, 0.5) is 0 Å². The highest BCUT2D eigenvalue weighted by atomic mass is 16.3. The zero-order chi connectivity index (χ0) is 9.15. The first-order valence-electron chi connectivity index (χ1n) is 4.77. The van der Waals surface area contributed by atoms with E-state index >= 15 is 0 Å². The van der Waals surface area contributed by atoms with Crippen LogP contribution >= 0.6 is 0 Å². The molecule has 2 nitrogen and oxygen atoms in total. The van der Waals surface area contributed by atoms with Gasteiger partial charge in [0, 0.05) is 0 Å². The minimum absolute atomic E-state index is 0.239. The van der Waals surface area contributed by atoms with E-state index in [1.54, 1.807) is 6.92 Å². The summed E-state index contributed by atoms with van der Waals surface area (Å²) in [6, 6.07) is 0. The van der Waals surface area contributed by atoms with Crippen molar-refractivity contribution in [1.29, 1.82) is 0 Å². The normalized spacial score (nSPS) is 56.2. The van der Waals surface area contributed by atoms with Gasteiger partial charge in [-0.25, -0.2) is 0 Å². The third-order valence-corrected chi connectivity index (χ3v) is 4.36. The Morgan fingerprint density at radius 1 is 1.17 bits per heavy atom. The lowest BCUT2D eigenvalue weighted by atomic mass is 9.43. The fraction of sp³-hybridized carbons (Fsp3) is 1.00. The molecular weight excluding hydrogens is 152 g/mol. The average molecular weight is 170 g/mol. The Bertz CT molecular complexity index is 208. The SMILES string of the molecule is CC1(C)[C@H]2C[C@H]1[C@@](C)(O)[C@@H](O)C2. The predicted molar refractivity (Wildman–Crippen MR) is 46.6 cm³/mol. The first-order chi connectivity index (χ1) is 5.37. The summed E-state index contributed by atoms with van der Waals surface area (Å²) in [5.41, 5.74) is -0.610. The van der Waals surface area contributed by atoms with Crippen molar-refractivity contribution in [3.05, 3.63) is 0 Å². The van der Waals surface area contributed by atoms with Gasteiger partial charge in [-0.3, -0.25) is 0 Å². The molecule has 12 heavy (non-hydrogen) atoms. The molecule has 0 saturated heterocycles. The van der Waals surface area contributed by atoms with E-state index in [-0.39, 0.29) is 5.41 Å². The predicted octanol–water partition coefficient (Wildman–Crippen LogP) is 1.16. The number of aliphatic hydroxyl groups excluding tert-OH is 1. The van der Waals surface area contributed by atoms with Gasteiger partial charge in [-0.2, -0.15) is 0 Å². The summed E-state index contributed by atoms with van der Waals surface area (Å²) in [5, 5.41) is 19.7. The van der Waals surface area contributed by atoms with Gasteiger partial charge in [-0.05, 0) is 37.0 Å². The highest BCUT2D eigenvalue weighted by Crippen LogP contribution is 2.62. The van der Waals surface area contributed by atoms with E-state index in [9.17, 15) is 10.2 Å². The molecule has 0 unspecified atom stereocenters. The molecule has 0 radical (unpaired) electrons. The van der Waals surface area contributed by atoms with Crippen molar-refractivity contribution in [3.8, 4) is 0 Å². The van der Waals surface area contributed by atoms with Crippen molar-refractivity contribution in [1.82, 2.24) is 0 Å². The first-order valence-corrected chi connectivity index (χ1v) is 4.77. The van der Waals surface area contributed by atoms with Crippen molar-refractivity contribution in [2.75, 3.05) is 0 Å². The van der Waals surface area contributed by atoms with E-state index in [4.69, 9.17) is 0 Å². The number of aliphatic hydroxyl groups is 2. The monoisotopic (exact) mass is 170 g/mol. The molecule has 70 valence electrons. The lowest BCUT2D eigenvalue weighted by Crippen LogP contribution is -2.66. The standard InChI is InChI=1S/C10H18O2/c1-9(2)6-4-7(9)10(3,12)8(11)5-6/h6-8,11-12H,4-5H2,1-3H3/t6-,7+,8-,10+/m0/s1. The Labute approximate surface area is 73.6 Å². The topological polar surface area (TPSA) is 40.5 Å². The summed E-state index contributed by atoms with van der Waals surface area (Å²) in [6.07, 6.45) is 1.36. The number of hydrogen-bond acceptors (Lipinski definition) is 2. The molecule has 3 fully saturated rings. The maximum absolute atomic E-state index is 10.0. The average Bonchev–Trinajstić information content (AvgIpc) is 1.93. The van der Waals surface area contributed by atoms with E-state index in [2.05, 4.69) is 13.8 Å². The van der Waals surface area contributed by atoms with Crippen LogP contribution < -0.4 is 0 Å². The quantitative estimate of drug-likeness (QED) is 0.573. The molecule has 2 heteroatoms. The first kappa shape index (κ1) is 8.52. The van der Waals surface area contributed by atoms with Crippen molar-refractivity contribution >= 4 is 0 Å². The summed E-state index contributed by atoms with van der Waals surface area (Å²) >= 11 is 0. The zero-order valence-electron chi connectivity index (χ0n) is 8.04. The fourth-order valence-corrected chi connectivity index (χ4v) is 3.15. The Balaban J connectivity index is 2.27. The van der Waals surface area contributed by atoms with Crippen LogP contribution in [0.5, 0.6) is 0 Å². The molecular formula is C10H18O2. The molecule has 2 bridgehead atoms. The smallest absolute Gasteiger partial charge is 0.0910 e. The van der Waals surface area contributed by atoms with E-state index < -0.39 is 11.7 Å². The summed E-state index contributed by atoms with van der Waals surface area (Å²) < 4.78 is 0. The second-order valence-corrected chi connectivity index (χ2v) is 5.28. The molecule has 3 aliphatic rings. The zero-order valence-corrected chi connectivity index (χ0v) is 8.04. The van der Waals surface area contributed by atoms with Gasteiger partial charge in [0.15, 0.2) is 0 Å². The van der Waals surface area contributed by atoms with Gasteiger partial charge in [0.25, 0.3) is 0 Å². The van der Waals surface area contributed by atoms with Crippen LogP contribution in [0.1, 0.15) is 33.6 Å². The van der Waals surface area contributed by atoms with Gasteiger partial charge in [-0.15, -0.1) is 0 Å². The lowest BCUT2D eigenvalue weighted by molar-refractivity contribution is -0.245. The number of hydrogen-bond donors (Lipinski definition) is 2. The van der Waals surface area contributed by atoms with E-state index in [1.807, 2.05) is 0 Å². The maximum Gasteiger partial charge on any atom is 0.0910 e. The van der Waals surface area contributed by atoms with Crippen LogP contribution in [-0.2, 0) is 0 Å². The second kappa shape index (κ2) is 2.05. The van der Waals surface area contributed by atoms with Gasteiger partial charge in [0.2, 0.25) is 0 Å². The van der Waals surface area contributed by atoms with Gasteiger partial charge >= 0.3 is 0 Å². The molecule has 3 saturated carbocycles. The number of fused-ring (bicyclic) bond motifs is 2. The van der Waals surface area contributed by atoms with Gasteiger partial charge in [-0.1, -0.05) is 13.8 Å². The Morgan fingerprint density at radius 3 is 2.08 bits per heavy atom. The highest BCUT2D eigenvalue weighted by Gasteiger charge is 2.62.